The van der Waals surface area contributed by atoms with Gasteiger partial charge in [-0.25, -0.2) is 0 Å². The molecule has 0 aliphatic heterocycles. The lowest BCUT2D eigenvalue weighted by Gasteiger charge is -2.30. The predicted molar refractivity (Wildman–Crippen MR) is 56.8 cm³/mol. The Bertz CT molecular complexity index is 282. The third-order valence-corrected chi connectivity index (χ3v) is 3.36. The van der Waals surface area contributed by atoms with Gasteiger partial charge in [-0.05, 0) is 29.9 Å². The molecular weight excluding hydrogens is 182 g/mol. The van der Waals surface area contributed by atoms with Crippen molar-refractivity contribution in [1.29, 1.82) is 0 Å². The molecule has 0 aliphatic carbocycles. The van der Waals surface area contributed by atoms with Crippen molar-refractivity contribution >= 4 is 11.3 Å². The van der Waals surface area contributed by atoms with E-state index in [0.29, 0.717) is 0 Å². The molecule has 0 saturated carbocycles. The first-order valence-electron chi connectivity index (χ1n) is 4.48. The fourth-order valence-corrected chi connectivity index (χ4v) is 2.14. The van der Waals surface area contributed by atoms with Crippen LogP contribution in [0, 0.1) is 12.8 Å². The van der Waals surface area contributed by atoms with Crippen molar-refractivity contribution in [2.24, 2.45) is 11.7 Å². The second-order valence-electron chi connectivity index (χ2n) is 3.73. The zero-order valence-corrected chi connectivity index (χ0v) is 9.19. The highest BCUT2D eigenvalue weighted by molar-refractivity contribution is 7.10. The van der Waals surface area contributed by atoms with Gasteiger partial charge < -0.3 is 10.8 Å². The fraction of sp³-hybridized carbons (Fsp3) is 0.600. The molecule has 0 radical (unpaired) electrons. The van der Waals surface area contributed by atoms with Crippen LogP contribution in [-0.4, -0.2) is 11.7 Å². The Morgan fingerprint density at radius 2 is 2.23 bits per heavy atom. The molecule has 0 aliphatic rings. The summed E-state index contributed by atoms with van der Waals surface area (Å²) in [6, 6.07) is 2.01. The maximum absolute atomic E-state index is 10.3. The first kappa shape index (κ1) is 10.7. The van der Waals surface area contributed by atoms with E-state index in [1.165, 1.54) is 4.88 Å². The topological polar surface area (TPSA) is 46.2 Å². The van der Waals surface area contributed by atoms with Gasteiger partial charge in [0, 0.05) is 11.4 Å². The molecule has 1 atom stereocenters. The lowest BCUT2D eigenvalue weighted by Crippen LogP contribution is -2.39. The molecule has 13 heavy (non-hydrogen) atoms. The zero-order chi connectivity index (χ0) is 10.1. The molecule has 1 aromatic heterocycles. The first-order chi connectivity index (χ1) is 6.00. The van der Waals surface area contributed by atoms with E-state index in [1.54, 1.807) is 11.3 Å². The molecule has 2 nitrogen and oxygen atoms in total. The van der Waals surface area contributed by atoms with Crippen LogP contribution in [0.5, 0.6) is 0 Å². The Morgan fingerprint density at radius 1 is 1.62 bits per heavy atom. The molecule has 0 bridgehead atoms. The van der Waals surface area contributed by atoms with Crippen LogP contribution in [0.3, 0.4) is 0 Å². The van der Waals surface area contributed by atoms with Crippen molar-refractivity contribution in [2.75, 3.05) is 6.54 Å². The summed E-state index contributed by atoms with van der Waals surface area (Å²) in [6.07, 6.45) is 0. The van der Waals surface area contributed by atoms with Crippen LogP contribution in [0.25, 0.3) is 0 Å². The van der Waals surface area contributed by atoms with E-state index >= 15 is 0 Å². The number of aliphatic hydroxyl groups is 1. The Labute approximate surface area is 83.4 Å². The van der Waals surface area contributed by atoms with Gasteiger partial charge in [-0.2, -0.15) is 0 Å². The van der Waals surface area contributed by atoms with E-state index in [1.807, 2.05) is 32.2 Å². The molecule has 0 saturated heterocycles. The quantitative estimate of drug-likeness (QED) is 0.780. The average Bonchev–Trinajstić information content (AvgIpc) is 2.50. The molecule has 0 amide bonds. The minimum absolute atomic E-state index is 0.145. The van der Waals surface area contributed by atoms with Crippen LogP contribution >= 0.6 is 11.3 Å². The van der Waals surface area contributed by atoms with Crippen LogP contribution in [0.4, 0.5) is 0 Å². The minimum atomic E-state index is -0.856. The van der Waals surface area contributed by atoms with Crippen LogP contribution in [-0.2, 0) is 5.60 Å². The van der Waals surface area contributed by atoms with Crippen LogP contribution in [0.1, 0.15) is 24.3 Å². The summed E-state index contributed by atoms with van der Waals surface area (Å²) < 4.78 is 0. The molecule has 0 spiro atoms. The Kier molecular flexibility index (Phi) is 3.11. The van der Waals surface area contributed by atoms with E-state index < -0.39 is 5.60 Å². The molecule has 1 heterocycles. The summed E-state index contributed by atoms with van der Waals surface area (Å²) in [5.74, 6) is 0.145. The van der Waals surface area contributed by atoms with E-state index in [-0.39, 0.29) is 12.5 Å². The normalized spacial score (nSPS) is 16.2. The lowest BCUT2D eigenvalue weighted by atomic mass is 9.85. The number of hydrogen-bond donors (Lipinski definition) is 2. The Hall–Kier alpha value is -0.380. The SMILES string of the molecule is Cc1cc(C(O)(CN)C(C)C)cs1. The summed E-state index contributed by atoms with van der Waals surface area (Å²) in [6.45, 7) is 6.28. The summed E-state index contributed by atoms with van der Waals surface area (Å²) in [5, 5.41) is 12.3. The third-order valence-electron chi connectivity index (χ3n) is 2.50. The van der Waals surface area contributed by atoms with Crippen LogP contribution in [0.15, 0.2) is 11.4 Å². The van der Waals surface area contributed by atoms with Crippen molar-refractivity contribution in [3.05, 3.63) is 21.9 Å². The average molecular weight is 199 g/mol. The van der Waals surface area contributed by atoms with Gasteiger partial charge in [0.15, 0.2) is 0 Å². The van der Waals surface area contributed by atoms with Crippen molar-refractivity contribution < 1.29 is 5.11 Å². The summed E-state index contributed by atoms with van der Waals surface area (Å²) in [4.78, 5) is 1.21. The van der Waals surface area contributed by atoms with Crippen molar-refractivity contribution in [3.8, 4) is 0 Å². The van der Waals surface area contributed by atoms with Crippen molar-refractivity contribution in [2.45, 2.75) is 26.4 Å². The minimum Gasteiger partial charge on any atom is -0.384 e. The van der Waals surface area contributed by atoms with Gasteiger partial charge in [-0.1, -0.05) is 13.8 Å². The van der Waals surface area contributed by atoms with E-state index in [4.69, 9.17) is 5.73 Å². The molecule has 0 fully saturated rings. The van der Waals surface area contributed by atoms with Gasteiger partial charge in [0.1, 0.15) is 5.60 Å². The first-order valence-corrected chi connectivity index (χ1v) is 5.36. The monoisotopic (exact) mass is 199 g/mol. The fourth-order valence-electron chi connectivity index (χ4n) is 1.36. The van der Waals surface area contributed by atoms with E-state index in [2.05, 4.69) is 0 Å². The number of rotatable bonds is 3. The Morgan fingerprint density at radius 3 is 2.54 bits per heavy atom. The van der Waals surface area contributed by atoms with E-state index in [0.717, 1.165) is 5.56 Å². The van der Waals surface area contributed by atoms with Gasteiger partial charge in [0.25, 0.3) is 0 Å². The summed E-state index contributed by atoms with van der Waals surface area (Å²) in [7, 11) is 0. The highest BCUT2D eigenvalue weighted by Gasteiger charge is 2.32. The van der Waals surface area contributed by atoms with Crippen LogP contribution in [0.2, 0.25) is 0 Å². The zero-order valence-electron chi connectivity index (χ0n) is 8.37. The molecular formula is C10H17NOS. The van der Waals surface area contributed by atoms with Gasteiger partial charge >= 0.3 is 0 Å². The molecule has 1 unspecified atom stereocenters. The molecule has 1 rings (SSSR count). The van der Waals surface area contributed by atoms with Gasteiger partial charge in [-0.15, -0.1) is 11.3 Å². The largest absolute Gasteiger partial charge is 0.384 e. The third kappa shape index (κ3) is 1.93. The summed E-state index contributed by atoms with van der Waals surface area (Å²) >= 11 is 1.65. The predicted octanol–water partition coefficient (Wildman–Crippen LogP) is 1.86. The van der Waals surface area contributed by atoms with Gasteiger partial charge in [0.05, 0.1) is 0 Å². The molecule has 3 heteroatoms. The number of aryl methyl sites for hydroxylation is 1. The lowest BCUT2D eigenvalue weighted by molar-refractivity contribution is -0.000765. The standard InChI is InChI=1S/C10H17NOS/c1-7(2)10(12,6-11)9-4-8(3)13-5-9/h4-5,7,12H,6,11H2,1-3H3. The van der Waals surface area contributed by atoms with Gasteiger partial charge in [-0.3, -0.25) is 0 Å². The highest BCUT2D eigenvalue weighted by Crippen LogP contribution is 2.31. The van der Waals surface area contributed by atoms with Crippen molar-refractivity contribution in [3.63, 3.8) is 0 Å². The maximum Gasteiger partial charge on any atom is 0.105 e. The van der Waals surface area contributed by atoms with Crippen LogP contribution < -0.4 is 5.73 Å². The Balaban J connectivity index is 3.02. The molecule has 1 aromatic rings. The number of nitrogens with two attached hydrogens (primary N) is 1. The smallest absolute Gasteiger partial charge is 0.105 e. The summed E-state index contributed by atoms with van der Waals surface area (Å²) in [5.41, 5.74) is 5.70. The number of hydrogen-bond acceptors (Lipinski definition) is 3. The maximum atomic E-state index is 10.3. The van der Waals surface area contributed by atoms with Gasteiger partial charge in [0.2, 0.25) is 0 Å². The second kappa shape index (κ2) is 3.78. The second-order valence-corrected chi connectivity index (χ2v) is 4.84. The number of thiophene rings is 1. The highest BCUT2D eigenvalue weighted by atomic mass is 32.1. The molecule has 3 N–H and O–H groups in total. The molecule has 74 valence electrons. The van der Waals surface area contributed by atoms with Crippen molar-refractivity contribution in [1.82, 2.24) is 0 Å². The molecule has 0 aromatic carbocycles. The van der Waals surface area contributed by atoms with E-state index in [9.17, 15) is 5.11 Å².